The fourth-order valence-electron chi connectivity index (χ4n) is 2.53. The molecule has 3 rings (SSSR count). The Bertz CT molecular complexity index is 434. The van der Waals surface area contributed by atoms with Crippen molar-refractivity contribution in [1.82, 2.24) is 5.32 Å². The van der Waals surface area contributed by atoms with Crippen LogP contribution in [0.15, 0.2) is 18.2 Å². The van der Waals surface area contributed by atoms with Gasteiger partial charge in [0.25, 0.3) is 0 Å². The number of ether oxygens (including phenoxy) is 1. The Morgan fingerprint density at radius 3 is 2.83 bits per heavy atom. The van der Waals surface area contributed by atoms with Gasteiger partial charge in [-0.05, 0) is 25.3 Å². The molecule has 2 unspecified atom stereocenters. The van der Waals surface area contributed by atoms with Gasteiger partial charge in [-0.3, -0.25) is 0 Å². The van der Waals surface area contributed by atoms with Crippen LogP contribution in [0.2, 0.25) is 0 Å². The lowest BCUT2D eigenvalue weighted by molar-refractivity contribution is 0.0868. The Morgan fingerprint density at radius 1 is 1.22 bits per heavy atom. The van der Waals surface area contributed by atoms with Crippen molar-refractivity contribution in [3.05, 3.63) is 35.4 Å². The molecular formula is C14H17F2NO. The summed E-state index contributed by atoms with van der Waals surface area (Å²) in [6, 6.07) is 4.94. The third-order valence-corrected chi connectivity index (χ3v) is 3.75. The van der Waals surface area contributed by atoms with Gasteiger partial charge in [-0.25, -0.2) is 8.78 Å². The molecule has 0 amide bonds. The fraction of sp³-hybridized carbons (Fsp3) is 0.571. The number of benzene rings is 1. The Balaban J connectivity index is 1.74. The number of hydrogen-bond acceptors (Lipinski definition) is 2. The SMILES string of the molecule is Fc1cccc(C2OCCC2CNC2CC2)c1F. The molecule has 98 valence electrons. The molecule has 2 nitrogen and oxygen atoms in total. The average molecular weight is 253 g/mol. The average Bonchev–Trinajstić information content (AvgIpc) is 3.08. The van der Waals surface area contributed by atoms with Crippen LogP contribution in [0.4, 0.5) is 8.78 Å². The maximum absolute atomic E-state index is 13.8. The van der Waals surface area contributed by atoms with Crippen LogP contribution in [0, 0.1) is 17.6 Å². The largest absolute Gasteiger partial charge is 0.373 e. The maximum Gasteiger partial charge on any atom is 0.164 e. The first-order valence-electron chi connectivity index (χ1n) is 6.54. The van der Waals surface area contributed by atoms with E-state index in [2.05, 4.69) is 5.32 Å². The predicted octanol–water partition coefficient (Wildman–Crippen LogP) is 2.79. The molecule has 0 aromatic heterocycles. The van der Waals surface area contributed by atoms with E-state index in [1.54, 1.807) is 12.1 Å². The monoisotopic (exact) mass is 253 g/mol. The van der Waals surface area contributed by atoms with E-state index in [4.69, 9.17) is 4.74 Å². The zero-order valence-electron chi connectivity index (χ0n) is 10.2. The van der Waals surface area contributed by atoms with Crippen molar-refractivity contribution in [2.24, 2.45) is 5.92 Å². The van der Waals surface area contributed by atoms with Crippen molar-refractivity contribution in [2.75, 3.05) is 13.2 Å². The second-order valence-corrected chi connectivity index (χ2v) is 5.17. The van der Waals surface area contributed by atoms with E-state index in [0.717, 1.165) is 19.0 Å². The minimum atomic E-state index is -0.795. The van der Waals surface area contributed by atoms with E-state index in [1.165, 1.54) is 12.8 Å². The van der Waals surface area contributed by atoms with Gasteiger partial charge in [0.2, 0.25) is 0 Å². The van der Waals surface area contributed by atoms with Crippen LogP contribution >= 0.6 is 0 Å². The highest BCUT2D eigenvalue weighted by Crippen LogP contribution is 2.36. The smallest absolute Gasteiger partial charge is 0.164 e. The summed E-state index contributed by atoms with van der Waals surface area (Å²) in [5, 5.41) is 3.44. The maximum atomic E-state index is 13.8. The highest BCUT2D eigenvalue weighted by Gasteiger charge is 2.33. The Morgan fingerprint density at radius 2 is 2.06 bits per heavy atom. The molecule has 0 radical (unpaired) electrons. The van der Waals surface area contributed by atoms with Gasteiger partial charge in [0, 0.05) is 30.7 Å². The van der Waals surface area contributed by atoms with Gasteiger partial charge in [-0.1, -0.05) is 12.1 Å². The summed E-state index contributed by atoms with van der Waals surface area (Å²) in [5.74, 6) is -1.32. The predicted molar refractivity (Wildman–Crippen MR) is 64.2 cm³/mol. The standard InChI is InChI=1S/C14H17F2NO/c15-12-3-1-2-11(13(12)16)14-9(6-7-18-14)8-17-10-4-5-10/h1-3,9-10,14,17H,4-8H2. The molecular weight excluding hydrogens is 236 g/mol. The van der Waals surface area contributed by atoms with Crippen molar-refractivity contribution < 1.29 is 13.5 Å². The molecule has 2 atom stereocenters. The van der Waals surface area contributed by atoms with E-state index in [-0.39, 0.29) is 12.0 Å². The molecule has 1 aliphatic carbocycles. The minimum Gasteiger partial charge on any atom is -0.373 e. The van der Waals surface area contributed by atoms with Gasteiger partial charge in [0.1, 0.15) is 0 Å². The van der Waals surface area contributed by atoms with E-state index < -0.39 is 11.6 Å². The summed E-state index contributed by atoms with van der Waals surface area (Å²) in [5.41, 5.74) is 0.357. The Labute approximate surface area is 105 Å². The number of hydrogen-bond donors (Lipinski definition) is 1. The lowest BCUT2D eigenvalue weighted by Crippen LogP contribution is -2.26. The number of rotatable bonds is 4. The summed E-state index contributed by atoms with van der Waals surface area (Å²) in [6.07, 6.45) is 3.05. The molecule has 1 aliphatic heterocycles. The number of nitrogens with one attached hydrogen (secondary N) is 1. The Hall–Kier alpha value is -1.00. The van der Waals surface area contributed by atoms with Crippen LogP contribution in [0.3, 0.4) is 0 Å². The molecule has 0 bridgehead atoms. The van der Waals surface area contributed by atoms with Gasteiger partial charge >= 0.3 is 0 Å². The van der Waals surface area contributed by atoms with Crippen LogP contribution in [0.1, 0.15) is 30.9 Å². The van der Waals surface area contributed by atoms with Crippen LogP contribution in [-0.4, -0.2) is 19.2 Å². The summed E-state index contributed by atoms with van der Waals surface area (Å²) >= 11 is 0. The second-order valence-electron chi connectivity index (χ2n) is 5.17. The third kappa shape index (κ3) is 2.40. The zero-order valence-corrected chi connectivity index (χ0v) is 10.2. The lowest BCUT2D eigenvalue weighted by Gasteiger charge is -2.20. The molecule has 2 aliphatic rings. The molecule has 1 N–H and O–H groups in total. The van der Waals surface area contributed by atoms with Gasteiger partial charge < -0.3 is 10.1 Å². The van der Waals surface area contributed by atoms with Crippen LogP contribution in [-0.2, 0) is 4.74 Å². The minimum absolute atomic E-state index is 0.238. The van der Waals surface area contributed by atoms with Crippen LogP contribution < -0.4 is 5.32 Å². The Kier molecular flexibility index (Phi) is 3.31. The van der Waals surface area contributed by atoms with E-state index in [1.807, 2.05) is 0 Å². The summed E-state index contributed by atoms with van der Waals surface area (Å²) in [7, 11) is 0. The summed E-state index contributed by atoms with van der Waals surface area (Å²) < 4.78 is 32.6. The van der Waals surface area contributed by atoms with Crippen molar-refractivity contribution in [3.8, 4) is 0 Å². The molecule has 1 aromatic rings. The third-order valence-electron chi connectivity index (χ3n) is 3.75. The molecule has 18 heavy (non-hydrogen) atoms. The van der Waals surface area contributed by atoms with Crippen molar-refractivity contribution >= 4 is 0 Å². The number of halogens is 2. The molecule has 0 spiro atoms. The highest BCUT2D eigenvalue weighted by atomic mass is 19.2. The zero-order chi connectivity index (χ0) is 12.5. The quantitative estimate of drug-likeness (QED) is 0.891. The topological polar surface area (TPSA) is 21.3 Å². The van der Waals surface area contributed by atoms with E-state index in [9.17, 15) is 8.78 Å². The van der Waals surface area contributed by atoms with Crippen molar-refractivity contribution in [2.45, 2.75) is 31.4 Å². The highest BCUT2D eigenvalue weighted by molar-refractivity contribution is 5.23. The molecule has 4 heteroatoms. The normalized spacial score (nSPS) is 27.7. The molecule has 1 saturated heterocycles. The van der Waals surface area contributed by atoms with E-state index in [0.29, 0.717) is 18.2 Å². The summed E-state index contributed by atoms with van der Waals surface area (Å²) in [4.78, 5) is 0. The first kappa shape index (κ1) is 12.1. The van der Waals surface area contributed by atoms with Gasteiger partial charge in [-0.15, -0.1) is 0 Å². The summed E-state index contributed by atoms with van der Waals surface area (Å²) in [6.45, 7) is 1.45. The first-order valence-corrected chi connectivity index (χ1v) is 6.54. The molecule has 1 aromatic carbocycles. The van der Waals surface area contributed by atoms with Gasteiger partial charge in [0.05, 0.1) is 6.10 Å². The fourth-order valence-corrected chi connectivity index (χ4v) is 2.53. The van der Waals surface area contributed by atoms with Crippen LogP contribution in [0.5, 0.6) is 0 Å². The molecule has 1 saturated carbocycles. The van der Waals surface area contributed by atoms with Crippen LogP contribution in [0.25, 0.3) is 0 Å². The van der Waals surface area contributed by atoms with Crippen molar-refractivity contribution in [3.63, 3.8) is 0 Å². The lowest BCUT2D eigenvalue weighted by atomic mass is 9.94. The van der Waals surface area contributed by atoms with Gasteiger partial charge in [-0.2, -0.15) is 0 Å². The molecule has 1 heterocycles. The molecule has 2 fully saturated rings. The first-order chi connectivity index (χ1) is 8.75. The van der Waals surface area contributed by atoms with Crippen molar-refractivity contribution in [1.29, 1.82) is 0 Å². The second kappa shape index (κ2) is 4.94. The van der Waals surface area contributed by atoms with E-state index >= 15 is 0 Å². The van der Waals surface area contributed by atoms with Gasteiger partial charge in [0.15, 0.2) is 11.6 Å².